The molecule has 0 spiro atoms. The molecule has 0 unspecified atom stereocenters. The number of amides is 1. The predicted molar refractivity (Wildman–Crippen MR) is 78.4 cm³/mol. The van der Waals surface area contributed by atoms with Crippen molar-refractivity contribution in [2.24, 2.45) is 0 Å². The van der Waals surface area contributed by atoms with Crippen LogP contribution in [0.25, 0.3) is 0 Å². The molecule has 1 heterocycles. The molecule has 2 rings (SSSR count). The molecule has 1 aliphatic rings. The van der Waals surface area contributed by atoms with Crippen LogP contribution in [0.15, 0.2) is 30.3 Å². The summed E-state index contributed by atoms with van der Waals surface area (Å²) in [5.74, 6) is -0.482. The highest BCUT2D eigenvalue weighted by atomic mass is 35.6. The van der Waals surface area contributed by atoms with E-state index in [0.29, 0.717) is 0 Å². The molecule has 0 aromatic heterocycles. The van der Waals surface area contributed by atoms with E-state index in [-0.39, 0.29) is 19.8 Å². The largest absolute Gasteiger partial charge is 0.459 e. The van der Waals surface area contributed by atoms with Gasteiger partial charge in [-0.15, -0.1) is 0 Å². The van der Waals surface area contributed by atoms with Crippen molar-refractivity contribution in [2.45, 2.75) is 16.4 Å². The monoisotopic (exact) mass is 351 g/mol. The Labute approximate surface area is 136 Å². The Balaban J connectivity index is 1.72. The second kappa shape index (κ2) is 6.73. The summed E-state index contributed by atoms with van der Waals surface area (Å²) in [5, 5.41) is 0. The fourth-order valence-electron chi connectivity index (χ4n) is 1.59. The number of carbonyl (C=O) groups excluding carboxylic acids is 2. The summed E-state index contributed by atoms with van der Waals surface area (Å²) in [6.45, 7) is 0.0261. The van der Waals surface area contributed by atoms with Gasteiger partial charge in [0, 0.05) is 0 Å². The van der Waals surface area contributed by atoms with Crippen LogP contribution in [0.5, 0.6) is 0 Å². The first kappa shape index (κ1) is 16.2. The number of nitrogens with zero attached hydrogens (tertiary/aromatic N) is 1. The number of hydrogen-bond donors (Lipinski definition) is 0. The number of ether oxygens (including phenoxy) is 2. The average Bonchev–Trinajstić information content (AvgIpc) is 3.23. The zero-order chi connectivity index (χ0) is 15.5. The lowest BCUT2D eigenvalue weighted by molar-refractivity contribution is -0.145. The standard InChI is InChI=1S/C13H12Cl3NO4/c14-13(15,16)8-21-12(19)17-6-10(17)11(18)20-7-9-4-2-1-3-5-9/h1-5,10H,6-8H2/t10-,17?/m0/s1. The maximum absolute atomic E-state index is 11.7. The van der Waals surface area contributed by atoms with Gasteiger partial charge in [0.05, 0.1) is 6.54 Å². The summed E-state index contributed by atoms with van der Waals surface area (Å²) in [7, 11) is 0. The van der Waals surface area contributed by atoms with Gasteiger partial charge in [-0.25, -0.2) is 9.59 Å². The van der Waals surface area contributed by atoms with Gasteiger partial charge in [-0.05, 0) is 5.56 Å². The number of carbonyl (C=O) groups is 2. The SMILES string of the molecule is O=C(OCc1ccccc1)[C@@H]1CN1C(=O)OCC(Cl)(Cl)Cl. The van der Waals surface area contributed by atoms with Gasteiger partial charge in [0.15, 0.2) is 6.04 Å². The van der Waals surface area contributed by atoms with Crippen LogP contribution < -0.4 is 0 Å². The van der Waals surface area contributed by atoms with Crippen LogP contribution >= 0.6 is 34.8 Å². The number of hydrogen-bond acceptors (Lipinski definition) is 4. The van der Waals surface area contributed by atoms with Gasteiger partial charge < -0.3 is 9.47 Å². The number of benzene rings is 1. The van der Waals surface area contributed by atoms with Gasteiger partial charge in [0.25, 0.3) is 0 Å². The van der Waals surface area contributed by atoms with Crippen LogP contribution in [0, 0.1) is 0 Å². The lowest BCUT2D eigenvalue weighted by atomic mass is 10.2. The van der Waals surface area contributed by atoms with Crippen LogP contribution in [0.4, 0.5) is 4.79 Å². The molecule has 1 aromatic rings. The van der Waals surface area contributed by atoms with Crippen LogP contribution in [0.3, 0.4) is 0 Å². The van der Waals surface area contributed by atoms with Gasteiger partial charge >= 0.3 is 12.1 Å². The Morgan fingerprint density at radius 2 is 1.86 bits per heavy atom. The highest BCUT2D eigenvalue weighted by Crippen LogP contribution is 2.27. The van der Waals surface area contributed by atoms with Crippen molar-refractivity contribution in [1.29, 1.82) is 0 Å². The molecule has 21 heavy (non-hydrogen) atoms. The number of halogens is 3. The van der Waals surface area contributed by atoms with Gasteiger partial charge in [0.2, 0.25) is 3.79 Å². The minimum Gasteiger partial charge on any atom is -0.459 e. The fraction of sp³-hybridized carbons (Fsp3) is 0.385. The summed E-state index contributed by atoms with van der Waals surface area (Å²) in [6.07, 6.45) is -0.706. The van der Waals surface area contributed by atoms with Crippen molar-refractivity contribution < 1.29 is 19.1 Å². The minimum atomic E-state index is -1.67. The normalized spacial score (nSPS) is 17.3. The van der Waals surface area contributed by atoms with E-state index in [4.69, 9.17) is 44.3 Å². The van der Waals surface area contributed by atoms with Crippen LogP contribution in [-0.2, 0) is 20.9 Å². The average molecular weight is 353 g/mol. The van der Waals surface area contributed by atoms with Crippen molar-refractivity contribution in [3.8, 4) is 0 Å². The Hall–Kier alpha value is -1.17. The topological polar surface area (TPSA) is 55.6 Å². The van der Waals surface area contributed by atoms with E-state index in [2.05, 4.69) is 0 Å². The molecule has 1 saturated heterocycles. The van der Waals surface area contributed by atoms with Crippen molar-refractivity contribution in [3.63, 3.8) is 0 Å². The Morgan fingerprint density at radius 1 is 1.19 bits per heavy atom. The van der Waals surface area contributed by atoms with Gasteiger partial charge in [-0.1, -0.05) is 65.1 Å². The molecule has 0 radical (unpaired) electrons. The molecule has 1 atom stereocenters. The zero-order valence-corrected chi connectivity index (χ0v) is 13.1. The third-order valence-corrected chi connectivity index (χ3v) is 3.03. The zero-order valence-electron chi connectivity index (χ0n) is 10.8. The van der Waals surface area contributed by atoms with E-state index in [0.717, 1.165) is 5.56 Å². The maximum atomic E-state index is 11.7. The molecule has 1 aromatic carbocycles. The van der Waals surface area contributed by atoms with Crippen LogP contribution in [0.1, 0.15) is 5.56 Å². The van der Waals surface area contributed by atoms with E-state index < -0.39 is 21.9 Å². The summed E-state index contributed by atoms with van der Waals surface area (Å²) >= 11 is 16.4. The lowest BCUT2D eigenvalue weighted by Gasteiger charge is -2.11. The number of rotatable bonds is 4. The Kier molecular flexibility index (Phi) is 5.19. The number of esters is 1. The summed E-state index contributed by atoms with van der Waals surface area (Å²) in [6, 6.07) is 8.62. The fourth-order valence-corrected chi connectivity index (χ4v) is 1.76. The summed E-state index contributed by atoms with van der Waals surface area (Å²) in [5.41, 5.74) is 0.872. The molecule has 114 valence electrons. The van der Waals surface area contributed by atoms with Gasteiger partial charge in [-0.2, -0.15) is 0 Å². The van der Waals surface area contributed by atoms with E-state index in [1.165, 1.54) is 4.90 Å². The smallest absolute Gasteiger partial charge is 0.410 e. The maximum Gasteiger partial charge on any atom is 0.410 e. The third kappa shape index (κ3) is 5.26. The number of alkyl halides is 3. The van der Waals surface area contributed by atoms with Crippen molar-refractivity contribution in [1.82, 2.24) is 4.90 Å². The van der Waals surface area contributed by atoms with E-state index in [9.17, 15) is 9.59 Å². The first-order chi connectivity index (χ1) is 9.87. The first-order valence-corrected chi connectivity index (χ1v) is 7.21. The molecule has 0 N–H and O–H groups in total. The Bertz CT molecular complexity index is 518. The second-order valence-corrected chi connectivity index (χ2v) is 6.95. The quantitative estimate of drug-likeness (QED) is 0.475. The molecule has 1 amide bonds. The highest BCUT2D eigenvalue weighted by Gasteiger charge is 2.47. The van der Waals surface area contributed by atoms with E-state index in [1.807, 2.05) is 30.3 Å². The first-order valence-electron chi connectivity index (χ1n) is 6.07. The molecule has 0 saturated carbocycles. The summed E-state index contributed by atoms with van der Waals surface area (Å²) < 4.78 is 8.20. The van der Waals surface area contributed by atoms with E-state index in [1.54, 1.807) is 0 Å². The van der Waals surface area contributed by atoms with Crippen LogP contribution in [-0.4, -0.2) is 39.9 Å². The Morgan fingerprint density at radius 3 is 2.48 bits per heavy atom. The second-order valence-electron chi connectivity index (χ2n) is 4.43. The van der Waals surface area contributed by atoms with Crippen molar-refractivity contribution in [2.75, 3.05) is 13.2 Å². The lowest BCUT2D eigenvalue weighted by Crippen LogP contribution is -2.24. The molecule has 0 aliphatic carbocycles. The summed E-state index contributed by atoms with van der Waals surface area (Å²) in [4.78, 5) is 24.5. The van der Waals surface area contributed by atoms with Crippen molar-refractivity contribution >= 4 is 46.9 Å². The predicted octanol–water partition coefficient (Wildman–Crippen LogP) is 2.92. The van der Waals surface area contributed by atoms with Gasteiger partial charge in [0.1, 0.15) is 13.2 Å². The third-order valence-electron chi connectivity index (χ3n) is 2.70. The van der Waals surface area contributed by atoms with E-state index >= 15 is 0 Å². The minimum absolute atomic E-state index is 0.160. The highest BCUT2D eigenvalue weighted by molar-refractivity contribution is 6.67. The molecular weight excluding hydrogens is 341 g/mol. The molecular formula is C13H12Cl3NO4. The molecule has 5 nitrogen and oxygen atoms in total. The van der Waals surface area contributed by atoms with Crippen LogP contribution in [0.2, 0.25) is 0 Å². The van der Waals surface area contributed by atoms with Gasteiger partial charge in [-0.3, -0.25) is 4.90 Å². The molecule has 1 fully saturated rings. The van der Waals surface area contributed by atoms with Crippen molar-refractivity contribution in [3.05, 3.63) is 35.9 Å². The molecule has 0 bridgehead atoms. The molecule has 8 heteroatoms. The molecule has 1 aliphatic heterocycles.